The maximum absolute atomic E-state index is 13.9. The average Bonchev–Trinajstić information content (AvgIpc) is 2.85. The summed E-state index contributed by atoms with van der Waals surface area (Å²) in [7, 11) is 0. The molecular weight excluding hydrogens is 396 g/mol. The monoisotopic (exact) mass is 428 g/mol. The highest BCUT2D eigenvalue weighted by atomic mass is 16.5. The maximum atomic E-state index is 13.9. The van der Waals surface area contributed by atoms with Gasteiger partial charge in [0.1, 0.15) is 0 Å². The second-order valence-electron chi connectivity index (χ2n) is 9.49. The van der Waals surface area contributed by atoms with Crippen molar-refractivity contribution in [3.63, 3.8) is 0 Å². The van der Waals surface area contributed by atoms with Crippen LogP contribution in [0.1, 0.15) is 42.4 Å². The van der Waals surface area contributed by atoms with Gasteiger partial charge >= 0.3 is 0 Å². The lowest BCUT2D eigenvalue weighted by Crippen LogP contribution is -2.52. The summed E-state index contributed by atoms with van der Waals surface area (Å²) in [5.41, 5.74) is 4.39. The van der Waals surface area contributed by atoms with E-state index in [-0.39, 0.29) is 0 Å². The van der Waals surface area contributed by atoms with Crippen LogP contribution in [-0.4, -0.2) is 42.1 Å². The molecule has 0 bridgehead atoms. The number of hydrogen-bond acceptors (Lipinski definition) is 3. The molecule has 3 aromatic rings. The largest absolute Gasteiger partial charge is 0.381 e. The molecule has 0 spiro atoms. The minimum absolute atomic E-state index is 0.305. The number of rotatable bonds is 4. The number of nitrogens with zero attached hydrogens (tertiary/aromatic N) is 2. The van der Waals surface area contributed by atoms with Gasteiger partial charge in [-0.15, -0.1) is 0 Å². The van der Waals surface area contributed by atoms with Gasteiger partial charge in [0.2, 0.25) is 5.91 Å². The SMILES string of the molecule is Cc1cccc(C2(C(=O)N3CCC(Cc4cccc5ncccc45)CC3)CCOCC2)c1. The van der Waals surface area contributed by atoms with Crippen molar-refractivity contribution < 1.29 is 9.53 Å². The predicted molar refractivity (Wildman–Crippen MR) is 128 cm³/mol. The van der Waals surface area contributed by atoms with Crippen LogP contribution in [-0.2, 0) is 21.4 Å². The molecule has 0 N–H and O–H groups in total. The first-order valence-electron chi connectivity index (χ1n) is 11.9. The number of likely N-dealkylation sites (tertiary alicyclic amines) is 1. The van der Waals surface area contributed by atoms with Crippen LogP contribution >= 0.6 is 0 Å². The highest BCUT2D eigenvalue weighted by Gasteiger charge is 2.44. The van der Waals surface area contributed by atoms with Crippen molar-refractivity contribution in [2.24, 2.45) is 5.92 Å². The van der Waals surface area contributed by atoms with Crippen molar-refractivity contribution in [1.82, 2.24) is 9.88 Å². The Labute approximate surface area is 190 Å². The lowest BCUT2D eigenvalue weighted by Gasteiger charge is -2.42. The molecule has 3 heterocycles. The number of ether oxygens (including phenoxy) is 1. The molecule has 2 aliphatic heterocycles. The van der Waals surface area contributed by atoms with Gasteiger partial charge in [0.25, 0.3) is 0 Å². The van der Waals surface area contributed by atoms with E-state index in [4.69, 9.17) is 4.74 Å². The lowest BCUT2D eigenvalue weighted by atomic mass is 9.72. The number of aromatic nitrogens is 1. The fourth-order valence-corrected chi connectivity index (χ4v) is 5.59. The maximum Gasteiger partial charge on any atom is 0.233 e. The fourth-order valence-electron chi connectivity index (χ4n) is 5.59. The average molecular weight is 429 g/mol. The van der Waals surface area contributed by atoms with Gasteiger partial charge in [0.15, 0.2) is 0 Å². The zero-order chi connectivity index (χ0) is 22.0. The van der Waals surface area contributed by atoms with E-state index in [0.717, 1.165) is 56.3 Å². The molecular formula is C28H32N2O2. The molecule has 0 aliphatic carbocycles. The van der Waals surface area contributed by atoms with Crippen LogP contribution in [0.4, 0.5) is 0 Å². The Morgan fingerprint density at radius 2 is 1.84 bits per heavy atom. The molecule has 0 atom stereocenters. The van der Waals surface area contributed by atoms with E-state index in [2.05, 4.69) is 65.3 Å². The number of fused-ring (bicyclic) bond motifs is 1. The smallest absolute Gasteiger partial charge is 0.233 e. The molecule has 1 amide bonds. The zero-order valence-electron chi connectivity index (χ0n) is 18.9. The minimum Gasteiger partial charge on any atom is -0.381 e. The zero-order valence-corrected chi connectivity index (χ0v) is 18.9. The highest BCUT2D eigenvalue weighted by Crippen LogP contribution is 2.38. The van der Waals surface area contributed by atoms with E-state index in [1.807, 2.05) is 12.3 Å². The first-order valence-corrected chi connectivity index (χ1v) is 11.9. The summed E-state index contributed by atoms with van der Waals surface area (Å²) in [6.07, 6.45) is 6.58. The first kappa shape index (κ1) is 21.1. The van der Waals surface area contributed by atoms with Gasteiger partial charge in [-0.3, -0.25) is 9.78 Å². The minimum atomic E-state index is -0.432. The highest BCUT2D eigenvalue weighted by molar-refractivity contribution is 5.88. The Morgan fingerprint density at radius 3 is 2.62 bits per heavy atom. The number of benzene rings is 2. The number of piperidine rings is 1. The molecule has 2 aromatic carbocycles. The molecule has 2 saturated heterocycles. The third-order valence-electron chi connectivity index (χ3n) is 7.47. The summed E-state index contributed by atoms with van der Waals surface area (Å²) in [5, 5.41) is 1.26. The Hall–Kier alpha value is -2.72. The van der Waals surface area contributed by atoms with Crippen molar-refractivity contribution in [3.05, 3.63) is 77.5 Å². The second kappa shape index (κ2) is 9.03. The number of hydrogen-bond donors (Lipinski definition) is 0. The molecule has 0 radical (unpaired) electrons. The van der Waals surface area contributed by atoms with Crippen LogP contribution in [0, 0.1) is 12.8 Å². The Kier molecular flexibility index (Phi) is 5.97. The molecule has 32 heavy (non-hydrogen) atoms. The van der Waals surface area contributed by atoms with E-state index in [0.29, 0.717) is 25.0 Å². The van der Waals surface area contributed by atoms with Gasteiger partial charge in [-0.1, -0.05) is 48.0 Å². The van der Waals surface area contributed by atoms with Crippen molar-refractivity contribution in [1.29, 1.82) is 0 Å². The van der Waals surface area contributed by atoms with Gasteiger partial charge in [0.05, 0.1) is 10.9 Å². The molecule has 2 aliphatic rings. The fraction of sp³-hybridized carbons (Fsp3) is 0.429. The van der Waals surface area contributed by atoms with Gasteiger partial charge in [-0.2, -0.15) is 0 Å². The Balaban J connectivity index is 1.30. The standard InChI is InChI=1S/C28H32N2O2/c1-21-5-2-7-24(19-21)28(12-17-32-18-13-28)27(31)30-15-10-22(11-16-30)20-23-6-3-9-26-25(23)8-4-14-29-26/h2-9,14,19,22H,10-13,15-18,20H2,1H3. The summed E-state index contributed by atoms with van der Waals surface area (Å²) in [4.78, 5) is 20.5. The van der Waals surface area contributed by atoms with Gasteiger partial charge in [0, 0.05) is 37.9 Å². The van der Waals surface area contributed by atoms with Crippen LogP contribution in [0.3, 0.4) is 0 Å². The Morgan fingerprint density at radius 1 is 1.06 bits per heavy atom. The van der Waals surface area contributed by atoms with Gasteiger partial charge < -0.3 is 9.64 Å². The van der Waals surface area contributed by atoms with Crippen LogP contribution in [0.5, 0.6) is 0 Å². The summed E-state index contributed by atoms with van der Waals surface area (Å²) >= 11 is 0. The van der Waals surface area contributed by atoms with E-state index >= 15 is 0 Å². The molecule has 0 unspecified atom stereocenters. The van der Waals surface area contributed by atoms with E-state index < -0.39 is 5.41 Å². The van der Waals surface area contributed by atoms with Crippen molar-refractivity contribution >= 4 is 16.8 Å². The third-order valence-corrected chi connectivity index (χ3v) is 7.47. The molecule has 0 saturated carbocycles. The first-order chi connectivity index (χ1) is 15.7. The molecule has 5 rings (SSSR count). The predicted octanol–water partition coefficient (Wildman–Crippen LogP) is 5.07. The number of amides is 1. The number of pyridine rings is 1. The molecule has 4 heteroatoms. The summed E-state index contributed by atoms with van der Waals surface area (Å²) in [6, 6.07) is 19.1. The van der Waals surface area contributed by atoms with Gasteiger partial charge in [-0.05, 0) is 68.2 Å². The van der Waals surface area contributed by atoms with E-state index in [1.165, 1.54) is 16.5 Å². The van der Waals surface area contributed by atoms with Gasteiger partial charge in [-0.25, -0.2) is 0 Å². The van der Waals surface area contributed by atoms with Crippen molar-refractivity contribution in [2.75, 3.05) is 26.3 Å². The van der Waals surface area contributed by atoms with Crippen LogP contribution in [0.15, 0.2) is 60.8 Å². The van der Waals surface area contributed by atoms with Crippen molar-refractivity contribution in [2.45, 2.75) is 44.4 Å². The third kappa shape index (κ3) is 4.04. The van der Waals surface area contributed by atoms with Crippen LogP contribution < -0.4 is 0 Å². The second-order valence-corrected chi connectivity index (χ2v) is 9.49. The summed E-state index contributed by atoms with van der Waals surface area (Å²) in [6.45, 7) is 5.12. The molecule has 4 nitrogen and oxygen atoms in total. The Bertz CT molecular complexity index is 1090. The van der Waals surface area contributed by atoms with Crippen LogP contribution in [0.2, 0.25) is 0 Å². The van der Waals surface area contributed by atoms with Crippen LogP contribution in [0.25, 0.3) is 10.9 Å². The quantitative estimate of drug-likeness (QED) is 0.582. The number of carbonyl (C=O) groups is 1. The number of aryl methyl sites for hydroxylation is 1. The molecule has 166 valence electrons. The lowest BCUT2D eigenvalue weighted by molar-refractivity contribution is -0.142. The summed E-state index contributed by atoms with van der Waals surface area (Å²) in [5.74, 6) is 0.911. The normalized spacial score (nSPS) is 19.2. The number of carbonyl (C=O) groups excluding carboxylic acids is 1. The summed E-state index contributed by atoms with van der Waals surface area (Å²) < 4.78 is 5.66. The molecule has 1 aromatic heterocycles. The van der Waals surface area contributed by atoms with E-state index in [1.54, 1.807) is 0 Å². The van der Waals surface area contributed by atoms with Crippen molar-refractivity contribution in [3.8, 4) is 0 Å². The molecule has 2 fully saturated rings. The topological polar surface area (TPSA) is 42.4 Å². The van der Waals surface area contributed by atoms with E-state index in [9.17, 15) is 4.79 Å².